The Labute approximate surface area is 162 Å². The summed E-state index contributed by atoms with van der Waals surface area (Å²) in [6.07, 6.45) is 0.745. The van der Waals surface area contributed by atoms with Crippen LogP contribution in [0, 0.1) is 0 Å². The number of fused-ring (bicyclic) bond motifs is 1. The summed E-state index contributed by atoms with van der Waals surface area (Å²) in [6.45, 7) is 4.37. The number of hydrogen-bond acceptors (Lipinski definition) is 5. The summed E-state index contributed by atoms with van der Waals surface area (Å²) in [4.78, 5) is 37.3. The van der Waals surface area contributed by atoms with Crippen molar-refractivity contribution in [1.82, 2.24) is 4.90 Å². The predicted molar refractivity (Wildman–Crippen MR) is 101 cm³/mol. The molecule has 2 heterocycles. The molecule has 1 unspecified atom stereocenters. The third-order valence-corrected chi connectivity index (χ3v) is 4.89. The summed E-state index contributed by atoms with van der Waals surface area (Å²) in [5.74, 6) is -0.178. The van der Waals surface area contributed by atoms with Gasteiger partial charge < -0.3 is 9.47 Å². The summed E-state index contributed by atoms with van der Waals surface area (Å²) < 4.78 is 11.0. The Kier molecular flexibility index (Phi) is 4.69. The molecule has 0 aromatic heterocycles. The van der Waals surface area contributed by atoms with Crippen molar-refractivity contribution in [3.63, 3.8) is 0 Å². The van der Waals surface area contributed by atoms with Crippen molar-refractivity contribution in [2.75, 3.05) is 13.2 Å². The Morgan fingerprint density at radius 3 is 2.21 bits per heavy atom. The third kappa shape index (κ3) is 3.29. The topological polar surface area (TPSA) is 72.9 Å². The van der Waals surface area contributed by atoms with Gasteiger partial charge >= 0.3 is 5.97 Å². The van der Waals surface area contributed by atoms with Crippen LogP contribution in [0.5, 0.6) is 5.75 Å². The molecule has 0 aliphatic carbocycles. The highest BCUT2D eigenvalue weighted by molar-refractivity contribution is 6.21. The molecule has 0 spiro atoms. The SMILES string of the molecule is C=C1CC(c2ccc(OCCCN3C(=O)c4ccccc4C3=O)cc2)OC1=O. The van der Waals surface area contributed by atoms with Gasteiger partial charge in [-0.2, -0.15) is 0 Å². The summed E-state index contributed by atoms with van der Waals surface area (Å²) in [6, 6.07) is 14.2. The fourth-order valence-electron chi connectivity index (χ4n) is 3.38. The number of nitrogens with zero attached hydrogens (tertiary/aromatic N) is 1. The van der Waals surface area contributed by atoms with Gasteiger partial charge in [0.25, 0.3) is 11.8 Å². The molecule has 28 heavy (non-hydrogen) atoms. The van der Waals surface area contributed by atoms with E-state index in [0.29, 0.717) is 48.4 Å². The summed E-state index contributed by atoms with van der Waals surface area (Å²) >= 11 is 0. The van der Waals surface area contributed by atoms with Gasteiger partial charge in [-0.3, -0.25) is 14.5 Å². The second kappa shape index (κ2) is 7.31. The maximum absolute atomic E-state index is 12.3. The van der Waals surface area contributed by atoms with Crippen LogP contribution in [0.15, 0.2) is 60.7 Å². The van der Waals surface area contributed by atoms with E-state index in [4.69, 9.17) is 9.47 Å². The molecule has 142 valence electrons. The van der Waals surface area contributed by atoms with Crippen LogP contribution in [0.1, 0.15) is 45.2 Å². The normalized spacial score (nSPS) is 18.4. The van der Waals surface area contributed by atoms with Crippen LogP contribution >= 0.6 is 0 Å². The molecule has 2 aliphatic rings. The second-order valence-electron chi connectivity index (χ2n) is 6.78. The lowest BCUT2D eigenvalue weighted by molar-refractivity contribution is -0.139. The van der Waals surface area contributed by atoms with E-state index >= 15 is 0 Å². The Morgan fingerprint density at radius 1 is 1.00 bits per heavy atom. The van der Waals surface area contributed by atoms with Crippen molar-refractivity contribution < 1.29 is 23.9 Å². The minimum atomic E-state index is -0.349. The summed E-state index contributed by atoms with van der Waals surface area (Å²) in [5, 5.41) is 0. The predicted octanol–water partition coefficient (Wildman–Crippen LogP) is 3.30. The number of hydrogen-bond donors (Lipinski definition) is 0. The molecule has 1 fully saturated rings. The van der Waals surface area contributed by atoms with Crippen LogP contribution in [0.4, 0.5) is 0 Å². The highest BCUT2D eigenvalue weighted by Crippen LogP contribution is 2.32. The van der Waals surface area contributed by atoms with Gasteiger partial charge in [-0.1, -0.05) is 30.8 Å². The van der Waals surface area contributed by atoms with Crippen LogP contribution in [0.25, 0.3) is 0 Å². The Bertz CT molecular complexity index is 912. The summed E-state index contributed by atoms with van der Waals surface area (Å²) in [5.41, 5.74) is 2.29. The molecule has 6 nitrogen and oxygen atoms in total. The van der Waals surface area contributed by atoms with Gasteiger partial charge in [0.2, 0.25) is 0 Å². The Hall–Kier alpha value is -3.41. The van der Waals surface area contributed by atoms with Crippen molar-refractivity contribution >= 4 is 17.8 Å². The van der Waals surface area contributed by atoms with Gasteiger partial charge in [0, 0.05) is 18.5 Å². The second-order valence-corrected chi connectivity index (χ2v) is 6.78. The molecular weight excluding hydrogens is 358 g/mol. The van der Waals surface area contributed by atoms with Gasteiger partial charge in [-0.25, -0.2) is 4.79 Å². The maximum atomic E-state index is 12.3. The number of ether oxygens (including phenoxy) is 2. The number of imide groups is 1. The lowest BCUT2D eigenvalue weighted by Gasteiger charge is -2.14. The molecule has 0 bridgehead atoms. The van der Waals surface area contributed by atoms with Gasteiger partial charge in [-0.05, 0) is 36.2 Å². The largest absolute Gasteiger partial charge is 0.494 e. The zero-order valence-corrected chi connectivity index (χ0v) is 15.2. The lowest BCUT2D eigenvalue weighted by Crippen LogP contribution is -2.31. The summed E-state index contributed by atoms with van der Waals surface area (Å²) in [7, 11) is 0. The fourth-order valence-corrected chi connectivity index (χ4v) is 3.38. The Morgan fingerprint density at radius 2 is 1.64 bits per heavy atom. The highest BCUT2D eigenvalue weighted by Gasteiger charge is 2.34. The van der Waals surface area contributed by atoms with Gasteiger partial charge in [0.15, 0.2) is 0 Å². The molecular formula is C22H19NO5. The molecule has 2 aromatic carbocycles. The first-order valence-corrected chi connectivity index (χ1v) is 9.11. The zero-order valence-electron chi connectivity index (χ0n) is 15.2. The molecule has 0 saturated carbocycles. The van der Waals surface area contributed by atoms with Crippen molar-refractivity contribution in [3.05, 3.63) is 77.4 Å². The Balaban J connectivity index is 1.27. The number of carbonyl (C=O) groups is 3. The molecule has 2 aromatic rings. The molecule has 1 atom stereocenters. The fraction of sp³-hybridized carbons (Fsp3) is 0.227. The van der Waals surface area contributed by atoms with Crippen LogP contribution in [-0.2, 0) is 9.53 Å². The lowest BCUT2D eigenvalue weighted by atomic mass is 10.1. The zero-order chi connectivity index (χ0) is 19.7. The number of carbonyl (C=O) groups excluding carboxylic acids is 3. The highest BCUT2D eigenvalue weighted by atomic mass is 16.5. The average Bonchev–Trinajstić information content (AvgIpc) is 3.17. The molecule has 6 heteroatoms. The van der Waals surface area contributed by atoms with Crippen LogP contribution in [0.3, 0.4) is 0 Å². The molecule has 0 radical (unpaired) electrons. The molecule has 0 N–H and O–H groups in total. The maximum Gasteiger partial charge on any atom is 0.334 e. The van der Waals surface area contributed by atoms with Crippen molar-refractivity contribution in [2.45, 2.75) is 18.9 Å². The van der Waals surface area contributed by atoms with E-state index in [1.807, 2.05) is 24.3 Å². The molecule has 2 amide bonds. The third-order valence-electron chi connectivity index (χ3n) is 4.89. The number of cyclic esters (lactones) is 1. The van der Waals surface area contributed by atoms with Crippen LogP contribution in [-0.4, -0.2) is 35.8 Å². The smallest absolute Gasteiger partial charge is 0.334 e. The van der Waals surface area contributed by atoms with E-state index < -0.39 is 0 Å². The van der Waals surface area contributed by atoms with Crippen molar-refractivity contribution in [1.29, 1.82) is 0 Å². The molecule has 2 aliphatic heterocycles. The van der Waals surface area contributed by atoms with E-state index in [1.165, 1.54) is 4.90 Å². The molecule has 1 saturated heterocycles. The van der Waals surface area contributed by atoms with Crippen molar-refractivity contribution in [2.24, 2.45) is 0 Å². The van der Waals surface area contributed by atoms with Crippen LogP contribution in [0.2, 0.25) is 0 Å². The minimum Gasteiger partial charge on any atom is -0.494 e. The molecule has 4 rings (SSSR count). The average molecular weight is 377 g/mol. The van der Waals surface area contributed by atoms with Crippen LogP contribution < -0.4 is 4.74 Å². The van der Waals surface area contributed by atoms with Gasteiger partial charge in [0.05, 0.1) is 17.7 Å². The standard InChI is InChI=1S/C22H19NO5/c1-14-13-19(28-22(14)26)15-7-9-16(10-8-15)27-12-4-11-23-20(24)17-5-2-3-6-18(17)21(23)25/h2-3,5-10,19H,1,4,11-13H2. The number of benzene rings is 2. The van der Waals surface area contributed by atoms with E-state index in [9.17, 15) is 14.4 Å². The van der Waals surface area contributed by atoms with E-state index in [0.717, 1.165) is 5.56 Å². The van der Waals surface area contributed by atoms with E-state index in [2.05, 4.69) is 6.58 Å². The number of esters is 1. The van der Waals surface area contributed by atoms with E-state index in [-0.39, 0.29) is 23.9 Å². The first-order chi connectivity index (χ1) is 13.5. The minimum absolute atomic E-state index is 0.252. The number of rotatable bonds is 6. The van der Waals surface area contributed by atoms with Gasteiger partial charge in [0.1, 0.15) is 11.9 Å². The number of amides is 2. The monoisotopic (exact) mass is 377 g/mol. The van der Waals surface area contributed by atoms with Crippen molar-refractivity contribution in [3.8, 4) is 5.75 Å². The quantitative estimate of drug-likeness (QED) is 0.334. The first-order valence-electron chi connectivity index (χ1n) is 9.11. The van der Waals surface area contributed by atoms with Gasteiger partial charge in [-0.15, -0.1) is 0 Å². The van der Waals surface area contributed by atoms with E-state index in [1.54, 1.807) is 24.3 Å². The first kappa shape index (κ1) is 18.0.